The molecule has 2 heterocycles. The highest BCUT2D eigenvalue weighted by molar-refractivity contribution is 5.85. The van der Waals surface area contributed by atoms with Crippen molar-refractivity contribution in [1.82, 2.24) is 10.6 Å². The van der Waals surface area contributed by atoms with Gasteiger partial charge in [-0.3, -0.25) is 4.79 Å². The first-order valence-electron chi connectivity index (χ1n) is 6.70. The number of hydrogen-bond acceptors (Lipinski definition) is 3. The fourth-order valence-electron chi connectivity index (χ4n) is 2.70. The highest BCUT2D eigenvalue weighted by Gasteiger charge is 2.28. The number of nitrogens with one attached hydrogen (secondary N) is 2. The van der Waals surface area contributed by atoms with Crippen LogP contribution in [0.1, 0.15) is 30.9 Å². The number of carbonyl (C=O) groups excluding carboxylic acids is 1. The molecule has 6 heteroatoms. The maximum Gasteiger partial charge on any atom is 0.237 e. The predicted octanol–water partition coefficient (Wildman–Crippen LogP) is 1.94. The number of amides is 1. The van der Waals surface area contributed by atoms with Crippen LogP contribution in [-0.4, -0.2) is 25.1 Å². The molecule has 110 valence electrons. The van der Waals surface area contributed by atoms with Crippen LogP contribution in [0.5, 0.6) is 5.75 Å². The molecule has 1 saturated heterocycles. The van der Waals surface area contributed by atoms with Crippen LogP contribution in [0.2, 0.25) is 0 Å². The molecule has 1 amide bonds. The van der Waals surface area contributed by atoms with Crippen molar-refractivity contribution >= 4 is 18.3 Å². The molecule has 0 radical (unpaired) electrons. The van der Waals surface area contributed by atoms with Crippen LogP contribution in [0.3, 0.4) is 0 Å². The Kier molecular flexibility index (Phi) is 4.83. The van der Waals surface area contributed by atoms with E-state index in [1.54, 1.807) is 6.07 Å². The molecule has 0 aromatic heterocycles. The summed E-state index contributed by atoms with van der Waals surface area (Å²) in [5.74, 6) is 0.361. The topological polar surface area (TPSA) is 50.4 Å². The van der Waals surface area contributed by atoms with Crippen molar-refractivity contribution in [1.29, 1.82) is 0 Å². The molecule has 1 aromatic rings. The molecule has 0 spiro atoms. The van der Waals surface area contributed by atoms with Crippen LogP contribution in [0.4, 0.5) is 4.39 Å². The third-order valence-corrected chi connectivity index (χ3v) is 3.70. The third kappa shape index (κ3) is 3.04. The van der Waals surface area contributed by atoms with Crippen molar-refractivity contribution in [3.63, 3.8) is 0 Å². The summed E-state index contributed by atoms with van der Waals surface area (Å²) in [5.41, 5.74) is 0.734. The Bertz CT molecular complexity index is 492. The van der Waals surface area contributed by atoms with Crippen molar-refractivity contribution in [2.24, 2.45) is 0 Å². The molecule has 2 atom stereocenters. The lowest BCUT2D eigenvalue weighted by atomic mass is 10.00. The second-order valence-corrected chi connectivity index (χ2v) is 5.03. The van der Waals surface area contributed by atoms with Gasteiger partial charge in [-0.25, -0.2) is 4.39 Å². The lowest BCUT2D eigenvalue weighted by Gasteiger charge is -2.27. The largest absolute Gasteiger partial charge is 0.493 e. The maximum atomic E-state index is 13.3. The molecule has 4 nitrogen and oxygen atoms in total. The average Bonchev–Trinajstić information content (AvgIpc) is 2.93. The third-order valence-electron chi connectivity index (χ3n) is 3.70. The van der Waals surface area contributed by atoms with E-state index in [2.05, 4.69) is 10.6 Å². The number of carbonyl (C=O) groups is 1. The second-order valence-electron chi connectivity index (χ2n) is 5.03. The lowest BCUT2D eigenvalue weighted by molar-refractivity contribution is -0.123. The molecule has 2 aliphatic heterocycles. The monoisotopic (exact) mass is 300 g/mol. The van der Waals surface area contributed by atoms with E-state index in [0.717, 1.165) is 24.9 Å². The Morgan fingerprint density at radius 3 is 3.00 bits per heavy atom. The summed E-state index contributed by atoms with van der Waals surface area (Å²) in [6.07, 6.45) is 2.57. The number of benzene rings is 1. The number of rotatable bonds is 2. The van der Waals surface area contributed by atoms with Gasteiger partial charge in [-0.1, -0.05) is 0 Å². The van der Waals surface area contributed by atoms with Crippen molar-refractivity contribution in [3.8, 4) is 5.75 Å². The molecule has 2 unspecified atom stereocenters. The Hall–Kier alpha value is -1.33. The first kappa shape index (κ1) is 15.1. The van der Waals surface area contributed by atoms with Gasteiger partial charge in [-0.15, -0.1) is 12.4 Å². The Balaban J connectivity index is 0.00000147. The van der Waals surface area contributed by atoms with Gasteiger partial charge in [0.25, 0.3) is 0 Å². The minimum absolute atomic E-state index is 0. The quantitative estimate of drug-likeness (QED) is 0.877. The summed E-state index contributed by atoms with van der Waals surface area (Å²) in [6.45, 7) is 1.43. The van der Waals surface area contributed by atoms with Crippen LogP contribution in [0, 0.1) is 5.82 Å². The van der Waals surface area contributed by atoms with E-state index in [0.29, 0.717) is 18.8 Å². The molecule has 0 bridgehead atoms. The molecule has 3 rings (SSSR count). The van der Waals surface area contributed by atoms with Crippen molar-refractivity contribution in [2.45, 2.75) is 31.3 Å². The van der Waals surface area contributed by atoms with Gasteiger partial charge in [0, 0.05) is 12.0 Å². The number of ether oxygens (including phenoxy) is 1. The molecule has 20 heavy (non-hydrogen) atoms. The standard InChI is InChI=1S/C14H17FN2O2.ClH/c15-9-3-4-13-10(8-9)11(5-7-19-13)17-14(18)12-2-1-6-16-12;/h3-4,8,11-12,16H,1-2,5-7H2,(H,17,18);1H. The fraction of sp³-hybridized carbons (Fsp3) is 0.500. The molecule has 0 aliphatic carbocycles. The fourth-order valence-corrected chi connectivity index (χ4v) is 2.70. The zero-order valence-electron chi connectivity index (χ0n) is 11.0. The summed E-state index contributed by atoms with van der Waals surface area (Å²) in [7, 11) is 0. The van der Waals surface area contributed by atoms with Crippen molar-refractivity contribution in [3.05, 3.63) is 29.6 Å². The summed E-state index contributed by atoms with van der Waals surface area (Å²) >= 11 is 0. The van der Waals surface area contributed by atoms with Crippen LogP contribution >= 0.6 is 12.4 Å². The summed E-state index contributed by atoms with van der Waals surface area (Å²) in [6, 6.07) is 4.18. The van der Waals surface area contributed by atoms with E-state index in [9.17, 15) is 9.18 Å². The van der Waals surface area contributed by atoms with E-state index in [-0.39, 0.29) is 36.2 Å². The lowest BCUT2D eigenvalue weighted by Crippen LogP contribution is -2.43. The smallest absolute Gasteiger partial charge is 0.237 e. The molecular formula is C14H18ClFN2O2. The van der Waals surface area contributed by atoms with Crippen LogP contribution in [-0.2, 0) is 4.79 Å². The summed E-state index contributed by atoms with van der Waals surface area (Å²) < 4.78 is 18.8. The zero-order valence-corrected chi connectivity index (χ0v) is 11.8. The van der Waals surface area contributed by atoms with Crippen LogP contribution < -0.4 is 15.4 Å². The predicted molar refractivity (Wildman–Crippen MR) is 75.7 cm³/mol. The van der Waals surface area contributed by atoms with Crippen molar-refractivity contribution < 1.29 is 13.9 Å². The zero-order chi connectivity index (χ0) is 13.2. The van der Waals surface area contributed by atoms with Gasteiger partial charge in [-0.05, 0) is 37.6 Å². The van der Waals surface area contributed by atoms with Gasteiger partial charge < -0.3 is 15.4 Å². The summed E-state index contributed by atoms with van der Waals surface area (Å²) in [5, 5.41) is 6.16. The second kappa shape index (κ2) is 6.41. The van der Waals surface area contributed by atoms with E-state index >= 15 is 0 Å². The van der Waals surface area contributed by atoms with Gasteiger partial charge in [-0.2, -0.15) is 0 Å². The summed E-state index contributed by atoms with van der Waals surface area (Å²) in [4.78, 5) is 12.1. The molecule has 2 aliphatic rings. The van der Waals surface area contributed by atoms with Gasteiger partial charge in [0.05, 0.1) is 18.7 Å². The van der Waals surface area contributed by atoms with Gasteiger partial charge in [0.1, 0.15) is 11.6 Å². The highest BCUT2D eigenvalue weighted by atomic mass is 35.5. The van der Waals surface area contributed by atoms with Gasteiger partial charge >= 0.3 is 0 Å². The van der Waals surface area contributed by atoms with Crippen LogP contribution in [0.15, 0.2) is 18.2 Å². The molecule has 1 aromatic carbocycles. The molecule has 2 N–H and O–H groups in total. The first-order valence-corrected chi connectivity index (χ1v) is 6.70. The van der Waals surface area contributed by atoms with E-state index in [4.69, 9.17) is 4.74 Å². The highest BCUT2D eigenvalue weighted by Crippen LogP contribution is 2.32. The number of hydrogen-bond donors (Lipinski definition) is 2. The van der Waals surface area contributed by atoms with Gasteiger partial charge in [0.2, 0.25) is 5.91 Å². The van der Waals surface area contributed by atoms with Crippen LogP contribution in [0.25, 0.3) is 0 Å². The molecule has 0 saturated carbocycles. The minimum atomic E-state index is -0.303. The average molecular weight is 301 g/mol. The SMILES string of the molecule is Cl.O=C(NC1CCOc2ccc(F)cc21)C1CCCN1. The first-order chi connectivity index (χ1) is 9.24. The van der Waals surface area contributed by atoms with E-state index in [1.165, 1.54) is 12.1 Å². The molecular weight excluding hydrogens is 283 g/mol. The normalized spacial score (nSPS) is 24.2. The number of halogens is 2. The Morgan fingerprint density at radius 2 is 2.25 bits per heavy atom. The Labute approximate surface area is 123 Å². The van der Waals surface area contributed by atoms with E-state index in [1.807, 2.05) is 0 Å². The van der Waals surface area contributed by atoms with E-state index < -0.39 is 0 Å². The Morgan fingerprint density at radius 1 is 1.40 bits per heavy atom. The maximum absolute atomic E-state index is 13.3. The van der Waals surface area contributed by atoms with Crippen molar-refractivity contribution in [2.75, 3.05) is 13.2 Å². The minimum Gasteiger partial charge on any atom is -0.493 e. The van der Waals surface area contributed by atoms with Gasteiger partial charge in [0.15, 0.2) is 0 Å². The molecule has 1 fully saturated rings. The number of fused-ring (bicyclic) bond motifs is 1.